The van der Waals surface area contributed by atoms with Gasteiger partial charge in [0.2, 0.25) is 0 Å². The van der Waals surface area contributed by atoms with Crippen LogP contribution in [0.25, 0.3) is 11.6 Å². The van der Waals surface area contributed by atoms with Crippen LogP contribution in [0.1, 0.15) is 50.8 Å². The summed E-state index contributed by atoms with van der Waals surface area (Å²) in [4.78, 5) is 23.0. The van der Waals surface area contributed by atoms with Gasteiger partial charge in [0.1, 0.15) is 11.5 Å². The van der Waals surface area contributed by atoms with Crippen molar-refractivity contribution in [3.63, 3.8) is 0 Å². The van der Waals surface area contributed by atoms with Crippen LogP contribution < -0.4 is 9.47 Å². The molecule has 26 heavy (non-hydrogen) atoms. The number of benzene rings is 2. The van der Waals surface area contributed by atoms with Crippen molar-refractivity contribution in [2.24, 2.45) is 0 Å². The minimum atomic E-state index is -0.406. The number of hydrogen-bond donors (Lipinski definition) is 0. The maximum Gasteiger partial charge on any atom is 0.308 e. The molecule has 0 heterocycles. The largest absolute Gasteiger partial charge is 0.426 e. The molecule has 0 fully saturated rings. The number of rotatable bonds is 6. The maximum atomic E-state index is 11.5. The van der Waals surface area contributed by atoms with Gasteiger partial charge in [0.05, 0.1) is 0 Å². The van der Waals surface area contributed by atoms with E-state index in [0.29, 0.717) is 17.9 Å². The smallest absolute Gasteiger partial charge is 0.308 e. The van der Waals surface area contributed by atoms with Gasteiger partial charge in [-0.2, -0.15) is 0 Å². The summed E-state index contributed by atoms with van der Waals surface area (Å²) in [6.07, 6.45) is 3.46. The Morgan fingerprint density at radius 3 is 1.92 bits per heavy atom. The van der Waals surface area contributed by atoms with Crippen LogP contribution in [0.3, 0.4) is 0 Å². The minimum absolute atomic E-state index is 0.406. The second-order valence-electron chi connectivity index (χ2n) is 6.13. The molecule has 2 rings (SSSR count). The number of carbonyl (C=O) groups excluding carboxylic acids is 2. The highest BCUT2D eigenvalue weighted by molar-refractivity contribution is 5.82. The second kappa shape index (κ2) is 8.99. The van der Waals surface area contributed by atoms with Crippen molar-refractivity contribution in [3.8, 4) is 11.5 Å². The van der Waals surface area contributed by atoms with Crippen molar-refractivity contribution in [3.05, 3.63) is 59.2 Å². The molecule has 0 saturated heterocycles. The first-order chi connectivity index (χ1) is 12.4. The highest BCUT2D eigenvalue weighted by Crippen LogP contribution is 2.34. The van der Waals surface area contributed by atoms with Gasteiger partial charge in [-0.3, -0.25) is 9.59 Å². The van der Waals surface area contributed by atoms with Crippen LogP contribution in [0.15, 0.2) is 42.5 Å². The van der Waals surface area contributed by atoms with E-state index in [9.17, 15) is 9.59 Å². The van der Waals surface area contributed by atoms with Crippen molar-refractivity contribution in [1.82, 2.24) is 0 Å². The molecule has 0 aromatic heterocycles. The van der Waals surface area contributed by atoms with E-state index in [1.54, 1.807) is 0 Å². The van der Waals surface area contributed by atoms with E-state index in [0.717, 1.165) is 28.7 Å². The van der Waals surface area contributed by atoms with E-state index in [1.807, 2.05) is 62.4 Å². The van der Waals surface area contributed by atoms with Crippen LogP contribution in [-0.2, 0) is 16.0 Å². The van der Waals surface area contributed by atoms with Gasteiger partial charge in [0.15, 0.2) is 0 Å². The van der Waals surface area contributed by atoms with E-state index < -0.39 is 11.9 Å². The standard InChI is InChI=1S/C22H24O4/c1-5-9-20-21(25-16(3)23)13-18(14-22(20)26-17(4)24)12-15(2)19-10-7-6-8-11-19/h6-8,10-14H,5,9H2,1-4H3. The van der Waals surface area contributed by atoms with Crippen molar-refractivity contribution in [1.29, 1.82) is 0 Å². The molecular weight excluding hydrogens is 328 g/mol. The maximum absolute atomic E-state index is 11.5. The average molecular weight is 352 g/mol. The fourth-order valence-corrected chi connectivity index (χ4v) is 2.75. The Kier molecular flexibility index (Phi) is 6.73. The summed E-state index contributed by atoms with van der Waals surface area (Å²) >= 11 is 0. The first-order valence-electron chi connectivity index (χ1n) is 8.68. The third-order valence-electron chi connectivity index (χ3n) is 3.81. The average Bonchev–Trinajstić information content (AvgIpc) is 2.57. The third-order valence-corrected chi connectivity index (χ3v) is 3.81. The van der Waals surface area contributed by atoms with Crippen LogP contribution in [0.5, 0.6) is 11.5 Å². The lowest BCUT2D eigenvalue weighted by Gasteiger charge is -2.15. The van der Waals surface area contributed by atoms with Crippen molar-refractivity contribution in [2.75, 3.05) is 0 Å². The lowest BCUT2D eigenvalue weighted by Crippen LogP contribution is -2.09. The number of hydrogen-bond acceptors (Lipinski definition) is 4. The molecule has 136 valence electrons. The number of carbonyl (C=O) groups is 2. The van der Waals surface area contributed by atoms with Gasteiger partial charge in [-0.1, -0.05) is 49.8 Å². The Bertz CT molecular complexity index is 782. The number of esters is 2. The molecular formula is C22H24O4. The molecule has 2 aromatic carbocycles. The summed E-state index contributed by atoms with van der Waals surface area (Å²) < 4.78 is 10.8. The minimum Gasteiger partial charge on any atom is -0.426 e. The summed E-state index contributed by atoms with van der Waals surface area (Å²) in [7, 11) is 0. The van der Waals surface area contributed by atoms with Gasteiger partial charge < -0.3 is 9.47 Å². The fourth-order valence-electron chi connectivity index (χ4n) is 2.75. The Morgan fingerprint density at radius 1 is 0.923 bits per heavy atom. The first kappa shape index (κ1) is 19.4. The Morgan fingerprint density at radius 2 is 1.46 bits per heavy atom. The van der Waals surface area contributed by atoms with Crippen LogP contribution in [0.2, 0.25) is 0 Å². The monoisotopic (exact) mass is 352 g/mol. The van der Waals surface area contributed by atoms with Gasteiger partial charge in [0, 0.05) is 19.4 Å². The predicted octanol–water partition coefficient (Wildman–Crippen LogP) is 5.05. The molecule has 0 radical (unpaired) electrons. The molecule has 0 unspecified atom stereocenters. The summed E-state index contributed by atoms with van der Waals surface area (Å²) in [6, 6.07) is 13.6. The summed E-state index contributed by atoms with van der Waals surface area (Å²) in [5.41, 5.74) is 3.68. The van der Waals surface area contributed by atoms with Gasteiger partial charge in [-0.15, -0.1) is 0 Å². The Balaban J connectivity index is 2.55. The van der Waals surface area contributed by atoms with E-state index in [-0.39, 0.29) is 0 Å². The Hall–Kier alpha value is -2.88. The predicted molar refractivity (Wildman–Crippen MR) is 103 cm³/mol. The molecule has 0 aliphatic carbocycles. The van der Waals surface area contributed by atoms with E-state index >= 15 is 0 Å². The fraction of sp³-hybridized carbons (Fsp3) is 0.273. The lowest BCUT2D eigenvalue weighted by atomic mass is 10.0. The molecule has 0 N–H and O–H groups in total. The zero-order valence-corrected chi connectivity index (χ0v) is 15.7. The topological polar surface area (TPSA) is 52.6 Å². The number of ether oxygens (including phenoxy) is 2. The SMILES string of the molecule is CCCc1c(OC(C)=O)cc(C=C(C)c2ccccc2)cc1OC(C)=O. The van der Waals surface area contributed by atoms with Gasteiger partial charge >= 0.3 is 11.9 Å². The highest BCUT2D eigenvalue weighted by atomic mass is 16.5. The molecule has 0 amide bonds. The Labute approximate surface area is 154 Å². The lowest BCUT2D eigenvalue weighted by molar-refractivity contribution is -0.132. The molecule has 0 saturated carbocycles. The molecule has 0 spiro atoms. The summed E-state index contributed by atoms with van der Waals surface area (Å²) in [5.74, 6) is 0.0597. The van der Waals surface area contributed by atoms with Gasteiger partial charge in [-0.05, 0) is 42.2 Å². The highest BCUT2D eigenvalue weighted by Gasteiger charge is 2.16. The van der Waals surface area contributed by atoms with Crippen LogP contribution in [0, 0.1) is 0 Å². The molecule has 0 aliphatic rings. The molecule has 2 aromatic rings. The van der Waals surface area contributed by atoms with Crippen LogP contribution in [-0.4, -0.2) is 11.9 Å². The molecule has 0 atom stereocenters. The quantitative estimate of drug-likeness (QED) is 0.415. The van der Waals surface area contributed by atoms with E-state index in [1.165, 1.54) is 13.8 Å². The van der Waals surface area contributed by atoms with Crippen LogP contribution >= 0.6 is 0 Å². The van der Waals surface area contributed by atoms with Crippen LogP contribution in [0.4, 0.5) is 0 Å². The van der Waals surface area contributed by atoms with Crippen molar-refractivity contribution >= 4 is 23.6 Å². The zero-order chi connectivity index (χ0) is 19.1. The van der Waals surface area contributed by atoms with E-state index in [4.69, 9.17) is 9.47 Å². The second-order valence-corrected chi connectivity index (χ2v) is 6.13. The normalized spacial score (nSPS) is 11.2. The molecule has 0 aliphatic heterocycles. The molecule has 4 heteroatoms. The third kappa shape index (κ3) is 5.31. The first-order valence-corrected chi connectivity index (χ1v) is 8.68. The van der Waals surface area contributed by atoms with Crippen molar-refractivity contribution < 1.29 is 19.1 Å². The van der Waals surface area contributed by atoms with Gasteiger partial charge in [-0.25, -0.2) is 0 Å². The van der Waals surface area contributed by atoms with E-state index in [2.05, 4.69) is 0 Å². The number of allylic oxidation sites excluding steroid dienone is 1. The van der Waals surface area contributed by atoms with Crippen molar-refractivity contribution in [2.45, 2.75) is 40.5 Å². The molecule has 0 bridgehead atoms. The molecule has 4 nitrogen and oxygen atoms in total. The summed E-state index contributed by atoms with van der Waals surface area (Å²) in [6.45, 7) is 6.74. The summed E-state index contributed by atoms with van der Waals surface area (Å²) in [5, 5.41) is 0. The zero-order valence-electron chi connectivity index (χ0n) is 15.7. The van der Waals surface area contributed by atoms with Gasteiger partial charge in [0.25, 0.3) is 0 Å².